The summed E-state index contributed by atoms with van der Waals surface area (Å²) in [5, 5.41) is 0. The predicted octanol–water partition coefficient (Wildman–Crippen LogP) is 7.57. The summed E-state index contributed by atoms with van der Waals surface area (Å²) in [5.41, 5.74) is 0. The first-order valence-corrected chi connectivity index (χ1v) is 11.8. The molecule has 0 aromatic rings. The number of hydrogen-bond donors (Lipinski definition) is 0. The summed E-state index contributed by atoms with van der Waals surface area (Å²) in [7, 11) is 0. The van der Waals surface area contributed by atoms with Crippen molar-refractivity contribution >= 4 is 0 Å². The summed E-state index contributed by atoms with van der Waals surface area (Å²) in [4.78, 5) is 0. The largest absolute Gasteiger partial charge is 0.246 e. The molecular weight excluding hydrogens is 319 g/mol. The zero-order valence-corrected chi connectivity index (χ0v) is 17.3. The molecule has 26 heavy (non-hydrogen) atoms. The Morgan fingerprint density at radius 3 is 2.00 bits per heavy atom. The Bertz CT molecular complexity index is 456. The smallest absolute Gasteiger partial charge is 0.114 e. The average molecular weight is 361 g/mol. The van der Waals surface area contributed by atoms with Crippen LogP contribution >= 0.6 is 0 Å². The van der Waals surface area contributed by atoms with Crippen molar-refractivity contribution in [2.24, 2.45) is 35.5 Å². The van der Waals surface area contributed by atoms with Gasteiger partial charge in [0.2, 0.25) is 0 Å². The number of alkyl halides is 1. The van der Waals surface area contributed by atoms with E-state index >= 15 is 0 Å². The summed E-state index contributed by atoms with van der Waals surface area (Å²) < 4.78 is 14.8. The second-order valence-corrected chi connectivity index (χ2v) is 9.68. The molecule has 3 saturated carbocycles. The summed E-state index contributed by atoms with van der Waals surface area (Å²) in [6, 6.07) is 0. The molecule has 1 heteroatoms. The van der Waals surface area contributed by atoms with Gasteiger partial charge in [-0.25, -0.2) is 4.39 Å². The van der Waals surface area contributed by atoms with E-state index in [1.807, 2.05) is 0 Å². The van der Waals surface area contributed by atoms with Crippen molar-refractivity contribution in [3.8, 4) is 11.8 Å². The molecule has 3 rings (SSSR count). The fourth-order valence-electron chi connectivity index (χ4n) is 6.03. The molecule has 0 aromatic heterocycles. The van der Waals surface area contributed by atoms with Gasteiger partial charge in [0.25, 0.3) is 0 Å². The Labute approximate surface area is 162 Å². The minimum atomic E-state index is -0.665. The Kier molecular flexibility index (Phi) is 7.90. The quantitative estimate of drug-likeness (QED) is 0.453. The van der Waals surface area contributed by atoms with Crippen LogP contribution in [0, 0.1) is 47.3 Å². The first-order chi connectivity index (χ1) is 12.7. The van der Waals surface area contributed by atoms with E-state index in [4.69, 9.17) is 0 Å². The van der Waals surface area contributed by atoms with Crippen LogP contribution in [-0.2, 0) is 0 Å². The van der Waals surface area contributed by atoms with Gasteiger partial charge in [-0.2, -0.15) is 0 Å². The molecule has 0 N–H and O–H groups in total. The van der Waals surface area contributed by atoms with Gasteiger partial charge >= 0.3 is 0 Å². The normalized spacial score (nSPS) is 41.3. The van der Waals surface area contributed by atoms with Crippen LogP contribution in [0.4, 0.5) is 4.39 Å². The van der Waals surface area contributed by atoms with E-state index in [1.54, 1.807) is 0 Å². The molecule has 0 radical (unpaired) electrons. The lowest BCUT2D eigenvalue weighted by Crippen LogP contribution is -2.31. The Morgan fingerprint density at radius 2 is 1.38 bits per heavy atom. The van der Waals surface area contributed by atoms with Gasteiger partial charge in [-0.1, -0.05) is 57.8 Å². The maximum Gasteiger partial charge on any atom is 0.114 e. The minimum Gasteiger partial charge on any atom is -0.246 e. The third kappa shape index (κ3) is 5.50. The van der Waals surface area contributed by atoms with Crippen molar-refractivity contribution in [2.45, 2.75) is 110 Å². The molecular formula is C25H41F. The molecule has 3 unspecified atom stereocenters. The van der Waals surface area contributed by atoms with E-state index in [9.17, 15) is 4.39 Å². The topological polar surface area (TPSA) is 0 Å². The first kappa shape index (κ1) is 20.2. The first-order valence-electron chi connectivity index (χ1n) is 11.8. The van der Waals surface area contributed by atoms with Crippen molar-refractivity contribution in [3.63, 3.8) is 0 Å². The fourth-order valence-corrected chi connectivity index (χ4v) is 6.03. The highest BCUT2D eigenvalue weighted by molar-refractivity contribution is 5.11. The van der Waals surface area contributed by atoms with Gasteiger partial charge in [0.15, 0.2) is 0 Å². The molecule has 0 aliphatic heterocycles. The summed E-state index contributed by atoms with van der Waals surface area (Å²) in [6.07, 6.45) is 17.1. The van der Waals surface area contributed by atoms with Crippen LogP contribution < -0.4 is 0 Å². The molecule has 0 nitrogen and oxygen atoms in total. The zero-order chi connectivity index (χ0) is 18.4. The van der Waals surface area contributed by atoms with Crippen molar-refractivity contribution < 1.29 is 4.39 Å². The van der Waals surface area contributed by atoms with Crippen LogP contribution in [0.25, 0.3) is 0 Å². The monoisotopic (exact) mass is 360 g/mol. The van der Waals surface area contributed by atoms with Crippen LogP contribution in [0.5, 0.6) is 0 Å². The molecule has 148 valence electrons. The van der Waals surface area contributed by atoms with Crippen molar-refractivity contribution in [3.05, 3.63) is 0 Å². The molecule has 0 saturated heterocycles. The van der Waals surface area contributed by atoms with Crippen LogP contribution in [0.15, 0.2) is 0 Å². The van der Waals surface area contributed by atoms with Gasteiger partial charge in [0.1, 0.15) is 6.17 Å². The van der Waals surface area contributed by atoms with Crippen LogP contribution in [0.2, 0.25) is 0 Å². The van der Waals surface area contributed by atoms with E-state index in [0.717, 1.165) is 30.6 Å². The van der Waals surface area contributed by atoms with Crippen molar-refractivity contribution in [2.75, 3.05) is 0 Å². The molecule has 0 spiro atoms. The molecule has 3 atom stereocenters. The highest BCUT2D eigenvalue weighted by atomic mass is 19.1. The van der Waals surface area contributed by atoms with Gasteiger partial charge in [-0.3, -0.25) is 0 Å². The zero-order valence-electron chi connectivity index (χ0n) is 17.3. The standard InChI is InChI=1S/C25H41F/c1-3-5-20-10-13-22(14-11-20)24-17-16-23(25(26)18-24)15-12-21-8-6-19(4-2)7-9-21/h19-25H,3-11,13-14,16-18H2,1-2H3. The molecule has 0 bridgehead atoms. The van der Waals surface area contributed by atoms with Crippen molar-refractivity contribution in [1.82, 2.24) is 0 Å². The summed E-state index contributed by atoms with van der Waals surface area (Å²) in [6.45, 7) is 4.61. The lowest BCUT2D eigenvalue weighted by Gasteiger charge is -2.38. The second-order valence-electron chi connectivity index (χ2n) is 9.68. The summed E-state index contributed by atoms with van der Waals surface area (Å²) >= 11 is 0. The van der Waals surface area contributed by atoms with Crippen LogP contribution in [0.1, 0.15) is 104 Å². The SMILES string of the molecule is CCCC1CCC(C2CCC(C#CC3CCC(CC)CC3)C(F)C2)CC1. The molecule has 3 fully saturated rings. The Morgan fingerprint density at radius 1 is 0.731 bits per heavy atom. The highest BCUT2D eigenvalue weighted by Gasteiger charge is 2.35. The highest BCUT2D eigenvalue weighted by Crippen LogP contribution is 2.43. The van der Waals surface area contributed by atoms with Crippen LogP contribution in [-0.4, -0.2) is 6.17 Å². The summed E-state index contributed by atoms with van der Waals surface area (Å²) in [5.74, 6) is 10.8. The maximum atomic E-state index is 14.8. The minimum absolute atomic E-state index is 0.0339. The van der Waals surface area contributed by atoms with E-state index in [-0.39, 0.29) is 5.92 Å². The molecule has 0 heterocycles. The molecule has 3 aliphatic carbocycles. The van der Waals surface area contributed by atoms with E-state index in [1.165, 1.54) is 77.0 Å². The van der Waals surface area contributed by atoms with E-state index < -0.39 is 6.17 Å². The van der Waals surface area contributed by atoms with Crippen molar-refractivity contribution in [1.29, 1.82) is 0 Å². The number of rotatable bonds is 4. The van der Waals surface area contributed by atoms with E-state index in [2.05, 4.69) is 25.7 Å². The third-order valence-electron chi connectivity index (χ3n) is 7.96. The molecule has 0 amide bonds. The Hall–Kier alpha value is -0.510. The van der Waals surface area contributed by atoms with Gasteiger partial charge in [-0.05, 0) is 81.5 Å². The predicted molar refractivity (Wildman–Crippen MR) is 110 cm³/mol. The molecule has 3 aliphatic rings. The lowest BCUT2D eigenvalue weighted by atomic mass is 9.68. The van der Waals surface area contributed by atoms with E-state index in [0.29, 0.717) is 11.8 Å². The number of hydrogen-bond acceptors (Lipinski definition) is 0. The van der Waals surface area contributed by atoms with Gasteiger partial charge in [-0.15, -0.1) is 0 Å². The fraction of sp³-hybridized carbons (Fsp3) is 0.920. The Balaban J connectivity index is 1.42. The second kappa shape index (κ2) is 10.1. The van der Waals surface area contributed by atoms with Gasteiger partial charge < -0.3 is 0 Å². The van der Waals surface area contributed by atoms with Gasteiger partial charge in [0, 0.05) is 5.92 Å². The van der Waals surface area contributed by atoms with Gasteiger partial charge in [0.05, 0.1) is 5.92 Å². The maximum absolute atomic E-state index is 14.8. The average Bonchev–Trinajstić information content (AvgIpc) is 2.68. The number of halogens is 1. The molecule has 0 aromatic carbocycles. The van der Waals surface area contributed by atoms with Crippen LogP contribution in [0.3, 0.4) is 0 Å². The lowest BCUT2D eigenvalue weighted by molar-refractivity contribution is 0.0954. The third-order valence-corrected chi connectivity index (χ3v) is 7.96.